The van der Waals surface area contributed by atoms with Crippen molar-refractivity contribution >= 4 is 35.1 Å². The Morgan fingerprint density at radius 1 is 1.11 bits per heavy atom. The second kappa shape index (κ2) is 8.78. The number of hydrogen-bond donors (Lipinski definition) is 3. The molecule has 0 spiro atoms. The van der Waals surface area contributed by atoms with Crippen molar-refractivity contribution in [2.24, 2.45) is 5.73 Å². The average molecular weight is 419 g/mol. The Kier molecular flexibility index (Phi) is 6.39. The summed E-state index contributed by atoms with van der Waals surface area (Å²) in [7, 11) is 0. The van der Waals surface area contributed by atoms with Crippen LogP contribution < -0.4 is 11.1 Å². The van der Waals surface area contributed by atoms with E-state index in [1.165, 1.54) is 24.3 Å². The van der Waals surface area contributed by atoms with Crippen LogP contribution in [0.2, 0.25) is 10.0 Å². The predicted octanol–water partition coefficient (Wildman–Crippen LogP) is 4.25. The number of amides is 1. The average Bonchev–Trinajstić information content (AvgIpc) is 2.67. The van der Waals surface area contributed by atoms with E-state index in [4.69, 9.17) is 34.0 Å². The third-order valence-electron chi connectivity index (χ3n) is 4.91. The molecule has 0 saturated carbocycles. The van der Waals surface area contributed by atoms with Crippen LogP contribution >= 0.6 is 23.2 Å². The summed E-state index contributed by atoms with van der Waals surface area (Å²) in [5, 5.41) is 13.0. The number of halogens is 2. The lowest BCUT2D eigenvalue weighted by Gasteiger charge is -2.29. The van der Waals surface area contributed by atoms with E-state index in [1.807, 2.05) is 12.1 Å². The van der Waals surface area contributed by atoms with Crippen LogP contribution in [0.4, 0.5) is 0 Å². The Labute approximate surface area is 173 Å². The zero-order chi connectivity index (χ0) is 20.3. The van der Waals surface area contributed by atoms with Crippen molar-refractivity contribution in [3.05, 3.63) is 80.8 Å². The summed E-state index contributed by atoms with van der Waals surface area (Å²) in [6.45, 7) is 0.397. The molecule has 2 aromatic carbocycles. The van der Waals surface area contributed by atoms with E-state index in [0.717, 1.165) is 17.6 Å². The lowest BCUT2D eigenvalue weighted by Crippen LogP contribution is -2.34. The van der Waals surface area contributed by atoms with Crippen molar-refractivity contribution in [1.82, 2.24) is 5.32 Å². The Hall–Kier alpha value is -2.34. The summed E-state index contributed by atoms with van der Waals surface area (Å²) in [6, 6.07) is 11.2. The highest BCUT2D eigenvalue weighted by Gasteiger charge is 2.26. The first-order valence-corrected chi connectivity index (χ1v) is 9.60. The van der Waals surface area contributed by atoms with Gasteiger partial charge in [0, 0.05) is 34.1 Å². The molecule has 4 N–H and O–H groups in total. The molecule has 2 aromatic rings. The SMILES string of the molecule is N[C@@H]1CC(CNC(=O)c2ccc(C(=O)O)cc2)=CC[C@H]1c1ccc(Cl)cc1Cl. The number of aromatic carboxylic acids is 1. The maximum Gasteiger partial charge on any atom is 0.335 e. The molecule has 146 valence electrons. The third kappa shape index (κ3) is 4.73. The van der Waals surface area contributed by atoms with Crippen LogP contribution in [0.25, 0.3) is 0 Å². The summed E-state index contributed by atoms with van der Waals surface area (Å²) in [4.78, 5) is 23.1. The van der Waals surface area contributed by atoms with Gasteiger partial charge < -0.3 is 16.2 Å². The van der Waals surface area contributed by atoms with Crippen molar-refractivity contribution in [3.8, 4) is 0 Å². The number of carbonyl (C=O) groups excluding carboxylic acids is 1. The molecule has 5 nitrogen and oxygen atoms in total. The van der Waals surface area contributed by atoms with Crippen molar-refractivity contribution in [3.63, 3.8) is 0 Å². The summed E-state index contributed by atoms with van der Waals surface area (Å²) >= 11 is 12.3. The molecule has 0 fully saturated rings. The van der Waals surface area contributed by atoms with Crippen LogP contribution in [0.15, 0.2) is 54.1 Å². The van der Waals surface area contributed by atoms with Gasteiger partial charge in [-0.2, -0.15) is 0 Å². The lowest BCUT2D eigenvalue weighted by molar-refractivity contribution is 0.0696. The number of hydrogen-bond acceptors (Lipinski definition) is 3. The minimum Gasteiger partial charge on any atom is -0.478 e. The van der Waals surface area contributed by atoms with E-state index in [9.17, 15) is 9.59 Å². The molecule has 0 heterocycles. The fraction of sp³-hybridized carbons (Fsp3) is 0.238. The number of carboxylic acid groups (broad SMARTS) is 1. The van der Waals surface area contributed by atoms with Gasteiger partial charge >= 0.3 is 5.97 Å². The second-order valence-electron chi connectivity index (χ2n) is 6.80. The highest BCUT2D eigenvalue weighted by Crippen LogP contribution is 2.36. The molecular formula is C21H20Cl2N2O3. The topological polar surface area (TPSA) is 92.4 Å². The third-order valence-corrected chi connectivity index (χ3v) is 5.47. The van der Waals surface area contributed by atoms with E-state index in [-0.39, 0.29) is 23.4 Å². The summed E-state index contributed by atoms with van der Waals surface area (Å²) in [5.41, 5.74) is 8.97. The fourth-order valence-corrected chi connectivity index (χ4v) is 3.91. The molecule has 0 bridgehead atoms. The number of allylic oxidation sites excluding steroid dienone is 1. The quantitative estimate of drug-likeness (QED) is 0.632. The first-order valence-electron chi connectivity index (χ1n) is 8.85. The van der Waals surface area contributed by atoms with Gasteiger partial charge in [0.2, 0.25) is 0 Å². The van der Waals surface area contributed by atoms with Crippen LogP contribution in [0.3, 0.4) is 0 Å². The van der Waals surface area contributed by atoms with Gasteiger partial charge in [0.05, 0.1) is 5.56 Å². The second-order valence-corrected chi connectivity index (χ2v) is 7.65. The molecule has 0 aliphatic heterocycles. The van der Waals surface area contributed by atoms with Crippen LogP contribution in [0, 0.1) is 0 Å². The predicted molar refractivity (Wildman–Crippen MR) is 110 cm³/mol. The van der Waals surface area contributed by atoms with Crippen LogP contribution in [-0.4, -0.2) is 29.6 Å². The maximum atomic E-state index is 12.3. The Morgan fingerprint density at radius 3 is 2.39 bits per heavy atom. The molecule has 1 amide bonds. The van der Waals surface area contributed by atoms with Gasteiger partial charge in [-0.15, -0.1) is 0 Å². The van der Waals surface area contributed by atoms with E-state index in [0.29, 0.717) is 28.6 Å². The normalized spacial score (nSPS) is 19.0. The van der Waals surface area contributed by atoms with Gasteiger partial charge in [0.15, 0.2) is 0 Å². The molecule has 3 rings (SSSR count). The lowest BCUT2D eigenvalue weighted by atomic mass is 9.81. The first kappa shape index (κ1) is 20.4. The molecule has 1 aliphatic rings. The van der Waals surface area contributed by atoms with E-state index < -0.39 is 5.97 Å². The molecule has 0 saturated heterocycles. The van der Waals surface area contributed by atoms with Gasteiger partial charge in [-0.1, -0.05) is 40.9 Å². The minimum absolute atomic E-state index is 0.104. The van der Waals surface area contributed by atoms with E-state index >= 15 is 0 Å². The highest BCUT2D eigenvalue weighted by molar-refractivity contribution is 6.35. The van der Waals surface area contributed by atoms with Gasteiger partial charge in [0.1, 0.15) is 0 Å². The Morgan fingerprint density at radius 2 is 1.79 bits per heavy atom. The van der Waals surface area contributed by atoms with E-state index in [1.54, 1.807) is 6.07 Å². The van der Waals surface area contributed by atoms with Gasteiger partial charge in [-0.25, -0.2) is 4.79 Å². The highest BCUT2D eigenvalue weighted by atomic mass is 35.5. The van der Waals surface area contributed by atoms with Crippen LogP contribution in [0.5, 0.6) is 0 Å². The van der Waals surface area contributed by atoms with E-state index in [2.05, 4.69) is 11.4 Å². The fourth-order valence-electron chi connectivity index (χ4n) is 3.36. The number of carboxylic acids is 1. The van der Waals surface area contributed by atoms with Gasteiger partial charge in [-0.3, -0.25) is 4.79 Å². The molecule has 0 radical (unpaired) electrons. The molecular weight excluding hydrogens is 399 g/mol. The summed E-state index contributed by atoms with van der Waals surface area (Å²) < 4.78 is 0. The molecule has 1 aliphatic carbocycles. The summed E-state index contributed by atoms with van der Waals surface area (Å²) in [6.07, 6.45) is 3.48. The number of rotatable bonds is 5. The largest absolute Gasteiger partial charge is 0.478 e. The number of nitrogens with one attached hydrogen (secondary N) is 1. The van der Waals surface area contributed by atoms with Crippen molar-refractivity contribution < 1.29 is 14.7 Å². The van der Waals surface area contributed by atoms with Crippen molar-refractivity contribution in [2.75, 3.05) is 6.54 Å². The number of nitrogens with two attached hydrogens (primary N) is 1. The molecule has 28 heavy (non-hydrogen) atoms. The number of benzene rings is 2. The Bertz CT molecular complexity index is 926. The number of carbonyl (C=O) groups is 2. The van der Waals surface area contributed by atoms with Crippen molar-refractivity contribution in [2.45, 2.75) is 24.8 Å². The van der Waals surface area contributed by atoms with Gasteiger partial charge in [0.25, 0.3) is 5.91 Å². The summed E-state index contributed by atoms with van der Waals surface area (Å²) in [5.74, 6) is -1.18. The maximum absolute atomic E-state index is 12.3. The first-order chi connectivity index (χ1) is 13.3. The molecule has 2 atom stereocenters. The molecule has 0 aromatic heterocycles. The molecule has 0 unspecified atom stereocenters. The standard InChI is InChI=1S/C21H20Cl2N2O3/c22-15-6-8-16(18(23)10-15)17-7-1-12(9-19(17)24)11-25-20(26)13-2-4-14(5-3-13)21(27)28/h1-6,8,10,17,19H,7,9,11,24H2,(H,25,26)(H,27,28)/t17-,19+/m0/s1. The molecule has 7 heteroatoms. The van der Waals surface area contributed by atoms with Crippen LogP contribution in [-0.2, 0) is 0 Å². The zero-order valence-corrected chi connectivity index (χ0v) is 16.5. The van der Waals surface area contributed by atoms with Crippen molar-refractivity contribution in [1.29, 1.82) is 0 Å². The Balaban J connectivity index is 1.60. The monoisotopic (exact) mass is 418 g/mol. The smallest absolute Gasteiger partial charge is 0.335 e. The van der Waals surface area contributed by atoms with Gasteiger partial charge in [-0.05, 0) is 54.8 Å². The zero-order valence-electron chi connectivity index (χ0n) is 15.0. The van der Waals surface area contributed by atoms with Crippen LogP contribution in [0.1, 0.15) is 45.0 Å². The minimum atomic E-state index is -1.02.